The molecule has 3 N–H and O–H groups in total. The second-order valence-corrected chi connectivity index (χ2v) is 3.38. The molecular formula is C10H18N4O. The van der Waals surface area contributed by atoms with Gasteiger partial charge in [-0.15, -0.1) is 0 Å². The van der Waals surface area contributed by atoms with Gasteiger partial charge in [-0.25, -0.2) is 0 Å². The Kier molecular flexibility index (Phi) is 4.83. The zero-order valence-corrected chi connectivity index (χ0v) is 9.07. The third-order valence-electron chi connectivity index (χ3n) is 2.10. The molecule has 0 spiro atoms. The van der Waals surface area contributed by atoms with Crippen molar-refractivity contribution >= 4 is 11.6 Å². The van der Waals surface area contributed by atoms with Gasteiger partial charge in [0.15, 0.2) is 0 Å². The maximum Gasteiger partial charge on any atom is 0.224 e. The molecule has 0 aromatic carbocycles. The molecule has 0 bridgehead atoms. The number of nitrogens with zero attached hydrogens (tertiary/aromatic N) is 2. The number of unbranched alkanes of at least 4 members (excludes halogenated alkanes) is 1. The van der Waals surface area contributed by atoms with Gasteiger partial charge >= 0.3 is 0 Å². The minimum atomic E-state index is 0.0269. The summed E-state index contributed by atoms with van der Waals surface area (Å²) in [6.45, 7) is 3.45. The van der Waals surface area contributed by atoms with E-state index in [9.17, 15) is 4.79 Å². The zero-order valence-electron chi connectivity index (χ0n) is 9.07. The van der Waals surface area contributed by atoms with Crippen LogP contribution in [0.3, 0.4) is 0 Å². The quantitative estimate of drug-likeness (QED) is 0.687. The average Bonchev–Trinajstić information content (AvgIpc) is 2.66. The lowest BCUT2D eigenvalue weighted by molar-refractivity contribution is -0.116. The normalized spacial score (nSPS) is 10.3. The van der Waals surface area contributed by atoms with Gasteiger partial charge in [0.1, 0.15) is 0 Å². The molecule has 1 amide bonds. The highest BCUT2D eigenvalue weighted by Crippen LogP contribution is 2.06. The third-order valence-corrected chi connectivity index (χ3v) is 2.10. The first-order valence-corrected chi connectivity index (χ1v) is 5.28. The van der Waals surface area contributed by atoms with Gasteiger partial charge in [0, 0.05) is 19.2 Å². The molecule has 0 saturated carbocycles. The van der Waals surface area contributed by atoms with Crippen molar-refractivity contribution in [1.29, 1.82) is 0 Å². The van der Waals surface area contributed by atoms with Crippen LogP contribution in [0.4, 0.5) is 5.69 Å². The van der Waals surface area contributed by atoms with E-state index in [1.807, 2.05) is 13.1 Å². The molecule has 1 aromatic rings. The van der Waals surface area contributed by atoms with Gasteiger partial charge in [0.05, 0.1) is 11.9 Å². The van der Waals surface area contributed by atoms with Gasteiger partial charge in [-0.3, -0.25) is 9.48 Å². The van der Waals surface area contributed by atoms with Crippen LogP contribution in [0.5, 0.6) is 0 Å². The van der Waals surface area contributed by atoms with Gasteiger partial charge in [-0.2, -0.15) is 5.10 Å². The standard InChI is InChI=1S/C10H18N4O/c1-2-14-8-9(7-12-14)13-10(15)5-3-4-6-11/h7-8H,2-6,11H2,1H3,(H,13,15). The van der Waals surface area contributed by atoms with Crippen molar-refractivity contribution < 1.29 is 4.79 Å². The molecule has 0 atom stereocenters. The van der Waals surface area contributed by atoms with Crippen LogP contribution in [0.15, 0.2) is 12.4 Å². The Morgan fingerprint density at radius 1 is 1.60 bits per heavy atom. The number of aryl methyl sites for hydroxylation is 1. The van der Waals surface area contributed by atoms with Crippen LogP contribution in [0.1, 0.15) is 26.2 Å². The fraction of sp³-hybridized carbons (Fsp3) is 0.600. The molecule has 1 rings (SSSR count). The molecule has 0 aliphatic rings. The van der Waals surface area contributed by atoms with Crippen LogP contribution < -0.4 is 11.1 Å². The SMILES string of the molecule is CCn1cc(NC(=O)CCCCN)cn1. The highest BCUT2D eigenvalue weighted by molar-refractivity contribution is 5.90. The third kappa shape index (κ3) is 4.12. The number of carbonyl (C=O) groups is 1. The van der Waals surface area contributed by atoms with Crippen LogP contribution >= 0.6 is 0 Å². The van der Waals surface area contributed by atoms with Gasteiger partial charge in [0.2, 0.25) is 5.91 Å². The van der Waals surface area contributed by atoms with E-state index in [1.54, 1.807) is 10.9 Å². The summed E-state index contributed by atoms with van der Waals surface area (Å²) in [7, 11) is 0. The van der Waals surface area contributed by atoms with E-state index in [0.717, 1.165) is 25.1 Å². The molecule has 5 heteroatoms. The minimum absolute atomic E-state index is 0.0269. The molecule has 1 aromatic heterocycles. The lowest BCUT2D eigenvalue weighted by Gasteiger charge is -2.01. The summed E-state index contributed by atoms with van der Waals surface area (Å²) < 4.78 is 1.77. The summed E-state index contributed by atoms with van der Waals surface area (Å²) in [5, 5.41) is 6.86. The molecule has 84 valence electrons. The van der Waals surface area contributed by atoms with Crippen molar-refractivity contribution in [3.63, 3.8) is 0 Å². The predicted molar refractivity (Wildman–Crippen MR) is 59.4 cm³/mol. The summed E-state index contributed by atoms with van der Waals surface area (Å²) >= 11 is 0. The number of nitrogens with one attached hydrogen (secondary N) is 1. The number of carbonyl (C=O) groups excluding carboxylic acids is 1. The van der Waals surface area contributed by atoms with Crippen molar-refractivity contribution in [1.82, 2.24) is 9.78 Å². The Morgan fingerprint density at radius 3 is 3.00 bits per heavy atom. The topological polar surface area (TPSA) is 72.9 Å². The van der Waals surface area contributed by atoms with Gasteiger partial charge < -0.3 is 11.1 Å². The van der Waals surface area contributed by atoms with Crippen LogP contribution in [0.2, 0.25) is 0 Å². The molecule has 0 saturated heterocycles. The number of aromatic nitrogens is 2. The summed E-state index contributed by atoms with van der Waals surface area (Å²) in [6, 6.07) is 0. The van der Waals surface area contributed by atoms with Crippen molar-refractivity contribution in [2.24, 2.45) is 5.73 Å². The maximum absolute atomic E-state index is 11.4. The molecule has 0 aliphatic carbocycles. The Balaban J connectivity index is 2.31. The first kappa shape index (κ1) is 11.7. The number of rotatable bonds is 6. The molecule has 0 fully saturated rings. The molecule has 0 radical (unpaired) electrons. The Labute approximate surface area is 89.6 Å². The highest BCUT2D eigenvalue weighted by Gasteiger charge is 2.03. The number of amides is 1. The van der Waals surface area contributed by atoms with E-state index in [2.05, 4.69) is 10.4 Å². The largest absolute Gasteiger partial charge is 0.330 e. The number of hydrogen-bond acceptors (Lipinski definition) is 3. The lowest BCUT2D eigenvalue weighted by atomic mass is 10.2. The number of nitrogens with two attached hydrogens (primary N) is 1. The highest BCUT2D eigenvalue weighted by atomic mass is 16.1. The smallest absolute Gasteiger partial charge is 0.224 e. The zero-order chi connectivity index (χ0) is 11.1. The number of hydrogen-bond donors (Lipinski definition) is 2. The van der Waals surface area contributed by atoms with Crippen molar-refractivity contribution in [2.75, 3.05) is 11.9 Å². The summed E-state index contributed by atoms with van der Waals surface area (Å²) in [5.74, 6) is 0.0269. The van der Waals surface area contributed by atoms with E-state index in [-0.39, 0.29) is 5.91 Å². The van der Waals surface area contributed by atoms with Gasteiger partial charge in [-0.05, 0) is 26.3 Å². The molecule has 0 unspecified atom stereocenters. The van der Waals surface area contributed by atoms with Crippen LogP contribution in [0, 0.1) is 0 Å². The molecular weight excluding hydrogens is 192 g/mol. The van der Waals surface area contributed by atoms with Crippen LogP contribution in [-0.2, 0) is 11.3 Å². The summed E-state index contributed by atoms with van der Waals surface area (Å²) in [6.07, 6.45) is 5.73. The van der Waals surface area contributed by atoms with Crippen LogP contribution in [-0.4, -0.2) is 22.2 Å². The number of anilines is 1. The van der Waals surface area contributed by atoms with E-state index in [0.29, 0.717) is 13.0 Å². The van der Waals surface area contributed by atoms with Crippen LogP contribution in [0.25, 0.3) is 0 Å². The lowest BCUT2D eigenvalue weighted by Crippen LogP contribution is -2.11. The fourth-order valence-corrected chi connectivity index (χ4v) is 1.25. The second kappa shape index (κ2) is 6.19. The molecule has 5 nitrogen and oxygen atoms in total. The van der Waals surface area contributed by atoms with Crippen molar-refractivity contribution in [3.8, 4) is 0 Å². The predicted octanol–water partition coefficient (Wildman–Crippen LogP) is 0.970. The van der Waals surface area contributed by atoms with E-state index < -0.39 is 0 Å². The van der Waals surface area contributed by atoms with Crippen molar-refractivity contribution in [3.05, 3.63) is 12.4 Å². The second-order valence-electron chi connectivity index (χ2n) is 3.38. The van der Waals surface area contributed by atoms with Gasteiger partial charge in [0.25, 0.3) is 0 Å². The molecule has 15 heavy (non-hydrogen) atoms. The van der Waals surface area contributed by atoms with E-state index >= 15 is 0 Å². The Morgan fingerprint density at radius 2 is 2.40 bits per heavy atom. The Bertz CT molecular complexity index is 308. The Hall–Kier alpha value is -1.36. The van der Waals surface area contributed by atoms with Gasteiger partial charge in [-0.1, -0.05) is 0 Å². The average molecular weight is 210 g/mol. The molecule has 0 aliphatic heterocycles. The summed E-state index contributed by atoms with van der Waals surface area (Å²) in [4.78, 5) is 11.4. The van der Waals surface area contributed by atoms with E-state index in [4.69, 9.17) is 5.73 Å². The minimum Gasteiger partial charge on any atom is -0.330 e. The molecule has 1 heterocycles. The maximum atomic E-state index is 11.4. The monoisotopic (exact) mass is 210 g/mol. The summed E-state index contributed by atoms with van der Waals surface area (Å²) in [5.41, 5.74) is 6.10. The van der Waals surface area contributed by atoms with Crippen molar-refractivity contribution in [2.45, 2.75) is 32.7 Å². The first-order chi connectivity index (χ1) is 7.26. The first-order valence-electron chi connectivity index (χ1n) is 5.28. The fourth-order valence-electron chi connectivity index (χ4n) is 1.25. The van der Waals surface area contributed by atoms with E-state index in [1.165, 1.54) is 0 Å².